The molecule has 0 atom stereocenters. The molecular weight excluding hydrogens is 347 g/mol. The molecule has 1 heterocycles. The number of benzene rings is 1. The topological polar surface area (TPSA) is 62.7 Å². The van der Waals surface area contributed by atoms with Crippen molar-refractivity contribution in [3.05, 3.63) is 48.5 Å². The maximum absolute atomic E-state index is 13.4. The van der Waals surface area contributed by atoms with E-state index in [1.165, 1.54) is 17.0 Å². The van der Waals surface area contributed by atoms with Crippen molar-refractivity contribution in [3.63, 3.8) is 0 Å². The summed E-state index contributed by atoms with van der Waals surface area (Å²) in [5, 5.41) is 9.51. The molecule has 5 nitrogen and oxygen atoms in total. The number of hydrogen-bond donors (Lipinski definition) is 1. The minimum absolute atomic E-state index is 0.152. The summed E-state index contributed by atoms with van der Waals surface area (Å²) in [7, 11) is 0. The third-order valence-electron chi connectivity index (χ3n) is 4.91. The predicted molar refractivity (Wildman–Crippen MR) is 101 cm³/mol. The summed E-state index contributed by atoms with van der Waals surface area (Å²) in [6, 6.07) is 8.16. The first-order valence-electron chi connectivity index (χ1n) is 9.03. The molecule has 3 rings (SSSR count). The van der Waals surface area contributed by atoms with E-state index in [1.54, 1.807) is 18.5 Å². The number of nitrogens with zero attached hydrogens (tertiary/aromatic N) is 2. The quantitative estimate of drug-likeness (QED) is 0.789. The molecular formula is C21H25FN2O3. The molecule has 0 unspecified atom stereocenters. The zero-order valence-corrected chi connectivity index (χ0v) is 15.9. The minimum Gasteiger partial charge on any atom is -0.491 e. The molecule has 0 radical (unpaired) electrons. The van der Waals surface area contributed by atoms with Gasteiger partial charge >= 0.3 is 6.09 Å². The van der Waals surface area contributed by atoms with Gasteiger partial charge in [-0.25, -0.2) is 9.18 Å². The van der Waals surface area contributed by atoms with E-state index in [1.807, 2.05) is 32.9 Å². The van der Waals surface area contributed by atoms with Crippen LogP contribution in [0.5, 0.6) is 5.75 Å². The second kappa shape index (κ2) is 7.18. The number of pyridine rings is 1. The fourth-order valence-corrected chi connectivity index (χ4v) is 3.01. The fraction of sp³-hybridized carbons (Fsp3) is 0.429. The van der Waals surface area contributed by atoms with Gasteiger partial charge in [0.15, 0.2) is 0 Å². The smallest absolute Gasteiger partial charge is 0.407 e. The highest BCUT2D eigenvalue weighted by Crippen LogP contribution is 2.47. The van der Waals surface area contributed by atoms with Gasteiger partial charge in [-0.05, 0) is 57.4 Å². The summed E-state index contributed by atoms with van der Waals surface area (Å²) in [6.45, 7) is 6.56. The number of rotatable bonds is 6. The zero-order valence-electron chi connectivity index (χ0n) is 15.9. The highest BCUT2D eigenvalue weighted by atomic mass is 19.1. The molecule has 6 heteroatoms. The number of carboxylic acid groups (broad SMARTS) is 1. The number of hydrogen-bond acceptors (Lipinski definition) is 3. The Morgan fingerprint density at radius 1 is 1.26 bits per heavy atom. The molecule has 27 heavy (non-hydrogen) atoms. The summed E-state index contributed by atoms with van der Waals surface area (Å²) >= 11 is 0. The van der Waals surface area contributed by atoms with Crippen LogP contribution in [0.25, 0.3) is 11.1 Å². The van der Waals surface area contributed by atoms with Crippen LogP contribution in [0.3, 0.4) is 0 Å². The number of aromatic nitrogens is 1. The van der Waals surface area contributed by atoms with Crippen molar-refractivity contribution >= 4 is 6.09 Å². The van der Waals surface area contributed by atoms with Crippen molar-refractivity contribution in [1.29, 1.82) is 0 Å². The van der Waals surface area contributed by atoms with E-state index >= 15 is 0 Å². The molecule has 1 aliphatic carbocycles. The molecule has 1 amide bonds. The Kier molecular flexibility index (Phi) is 5.09. The summed E-state index contributed by atoms with van der Waals surface area (Å²) in [4.78, 5) is 17.3. The first-order valence-corrected chi connectivity index (χ1v) is 9.03. The molecule has 1 saturated carbocycles. The maximum Gasteiger partial charge on any atom is 0.407 e. The van der Waals surface area contributed by atoms with Gasteiger partial charge < -0.3 is 14.7 Å². The molecule has 1 fully saturated rings. The number of halogens is 1. The van der Waals surface area contributed by atoms with Crippen molar-refractivity contribution in [2.45, 2.75) is 39.2 Å². The van der Waals surface area contributed by atoms with Gasteiger partial charge in [-0.1, -0.05) is 12.1 Å². The SMILES string of the molecule is CC(C)(C)N(CC1(COc2cncc(-c3cccc(F)c3)c2)CC1)C(=O)O. The molecule has 0 bridgehead atoms. The first kappa shape index (κ1) is 19.1. The zero-order chi connectivity index (χ0) is 19.7. The third kappa shape index (κ3) is 4.76. The second-order valence-corrected chi connectivity index (χ2v) is 8.25. The van der Waals surface area contributed by atoms with Crippen molar-refractivity contribution in [2.75, 3.05) is 13.2 Å². The molecule has 1 aromatic heterocycles. The van der Waals surface area contributed by atoms with Gasteiger partial charge in [-0.2, -0.15) is 0 Å². The molecule has 144 valence electrons. The van der Waals surface area contributed by atoms with Gasteiger partial charge in [0.2, 0.25) is 0 Å². The lowest BCUT2D eigenvalue weighted by atomic mass is 10.0. The average Bonchev–Trinajstić information content (AvgIpc) is 3.37. The molecule has 2 aromatic rings. The van der Waals surface area contributed by atoms with E-state index in [0.717, 1.165) is 24.0 Å². The van der Waals surface area contributed by atoms with Gasteiger partial charge in [-0.3, -0.25) is 4.98 Å². The first-order chi connectivity index (χ1) is 12.7. The summed E-state index contributed by atoms with van der Waals surface area (Å²) in [5.41, 5.74) is 0.901. The molecule has 0 saturated heterocycles. The van der Waals surface area contributed by atoms with E-state index in [9.17, 15) is 14.3 Å². The second-order valence-electron chi connectivity index (χ2n) is 8.25. The predicted octanol–water partition coefficient (Wildman–Crippen LogP) is 4.83. The normalized spacial score (nSPS) is 15.3. The van der Waals surface area contributed by atoms with Crippen molar-refractivity contribution in [3.8, 4) is 16.9 Å². The Morgan fingerprint density at radius 2 is 2.00 bits per heavy atom. The Morgan fingerprint density at radius 3 is 2.59 bits per heavy atom. The Hall–Kier alpha value is -2.63. The molecule has 0 spiro atoms. The fourth-order valence-electron chi connectivity index (χ4n) is 3.01. The standard InChI is InChI=1S/C21H25FN2O3/c1-20(2,3)24(19(25)26)13-21(7-8-21)14-27-18-10-16(11-23-12-18)15-5-4-6-17(22)9-15/h4-6,9-12H,7-8,13-14H2,1-3H3,(H,25,26). The van der Waals surface area contributed by atoms with E-state index in [4.69, 9.17) is 4.74 Å². The van der Waals surface area contributed by atoms with Crippen LogP contribution in [-0.2, 0) is 0 Å². The average molecular weight is 372 g/mol. The highest BCUT2D eigenvalue weighted by molar-refractivity contribution is 5.66. The van der Waals surface area contributed by atoms with E-state index in [2.05, 4.69) is 4.98 Å². The van der Waals surface area contributed by atoms with Crippen LogP contribution in [0.4, 0.5) is 9.18 Å². The Balaban J connectivity index is 1.68. The van der Waals surface area contributed by atoms with Crippen LogP contribution >= 0.6 is 0 Å². The van der Waals surface area contributed by atoms with Crippen LogP contribution in [0.2, 0.25) is 0 Å². The van der Waals surface area contributed by atoms with Crippen LogP contribution in [0.1, 0.15) is 33.6 Å². The van der Waals surface area contributed by atoms with Crippen molar-refractivity contribution in [1.82, 2.24) is 9.88 Å². The van der Waals surface area contributed by atoms with Gasteiger partial charge in [0.05, 0.1) is 12.8 Å². The van der Waals surface area contributed by atoms with Crippen molar-refractivity contribution < 1.29 is 19.0 Å². The molecule has 1 aromatic carbocycles. The van der Waals surface area contributed by atoms with E-state index < -0.39 is 11.6 Å². The van der Waals surface area contributed by atoms with Crippen LogP contribution in [0, 0.1) is 11.2 Å². The lowest BCUT2D eigenvalue weighted by molar-refractivity contribution is 0.0746. The highest BCUT2D eigenvalue weighted by Gasteiger charge is 2.47. The lowest BCUT2D eigenvalue weighted by Crippen LogP contribution is -2.48. The van der Waals surface area contributed by atoms with Crippen LogP contribution in [-0.4, -0.2) is 39.8 Å². The van der Waals surface area contributed by atoms with Crippen LogP contribution in [0.15, 0.2) is 42.7 Å². The summed E-state index contributed by atoms with van der Waals surface area (Å²) in [5.74, 6) is 0.298. The third-order valence-corrected chi connectivity index (χ3v) is 4.91. The largest absolute Gasteiger partial charge is 0.491 e. The Labute approximate surface area is 158 Å². The van der Waals surface area contributed by atoms with Gasteiger partial charge in [0.1, 0.15) is 11.6 Å². The summed E-state index contributed by atoms with van der Waals surface area (Å²) in [6.07, 6.45) is 4.24. The molecule has 1 N–H and O–H groups in total. The van der Waals surface area contributed by atoms with Crippen LogP contribution < -0.4 is 4.74 Å². The monoisotopic (exact) mass is 372 g/mol. The van der Waals surface area contributed by atoms with E-state index in [-0.39, 0.29) is 11.2 Å². The number of carbonyl (C=O) groups is 1. The van der Waals surface area contributed by atoms with Gasteiger partial charge in [0, 0.05) is 29.3 Å². The minimum atomic E-state index is -0.913. The maximum atomic E-state index is 13.4. The van der Waals surface area contributed by atoms with Gasteiger partial charge in [0.25, 0.3) is 0 Å². The lowest BCUT2D eigenvalue weighted by Gasteiger charge is -2.36. The number of ether oxygens (including phenoxy) is 1. The molecule has 0 aliphatic heterocycles. The number of amides is 1. The van der Waals surface area contributed by atoms with Crippen molar-refractivity contribution in [2.24, 2.45) is 5.41 Å². The van der Waals surface area contributed by atoms with Gasteiger partial charge in [-0.15, -0.1) is 0 Å². The Bertz CT molecular complexity index is 828. The van der Waals surface area contributed by atoms with E-state index in [0.29, 0.717) is 18.9 Å². The molecule has 1 aliphatic rings. The summed E-state index contributed by atoms with van der Waals surface area (Å²) < 4.78 is 19.4.